The molecule has 4 nitrogen and oxygen atoms in total. The topological polar surface area (TPSA) is 41.1 Å². The highest BCUT2D eigenvalue weighted by Gasteiger charge is 2.04. The van der Waals surface area contributed by atoms with Gasteiger partial charge < -0.3 is 10.2 Å². The maximum Gasteiger partial charge on any atom is 0.128 e. The molecule has 1 N–H and O–H groups in total. The molecule has 2 heterocycles. The van der Waals surface area contributed by atoms with Gasteiger partial charge in [-0.15, -0.1) is 0 Å². The van der Waals surface area contributed by atoms with Crippen molar-refractivity contribution in [3.05, 3.63) is 54.0 Å². The van der Waals surface area contributed by atoms with Crippen LogP contribution in [0.15, 0.2) is 42.7 Å². The molecule has 0 aliphatic heterocycles. The summed E-state index contributed by atoms with van der Waals surface area (Å²) in [4.78, 5) is 11.0. The molecule has 2 aromatic heterocycles. The molecule has 0 amide bonds. The fourth-order valence-corrected chi connectivity index (χ4v) is 2.13. The molecule has 0 spiro atoms. The van der Waals surface area contributed by atoms with Gasteiger partial charge in [-0.05, 0) is 42.8 Å². The van der Waals surface area contributed by atoms with Crippen LogP contribution < -0.4 is 10.2 Å². The summed E-state index contributed by atoms with van der Waals surface area (Å²) in [6.45, 7) is 5.04. The molecule has 0 aliphatic carbocycles. The Kier molecular flexibility index (Phi) is 6.16. The van der Waals surface area contributed by atoms with Gasteiger partial charge in [0.1, 0.15) is 5.82 Å². The molecular weight excluding hydrogens is 260 g/mol. The van der Waals surface area contributed by atoms with Crippen LogP contribution >= 0.6 is 0 Å². The Morgan fingerprint density at radius 3 is 2.81 bits per heavy atom. The van der Waals surface area contributed by atoms with Gasteiger partial charge in [0.25, 0.3) is 0 Å². The summed E-state index contributed by atoms with van der Waals surface area (Å²) in [5.41, 5.74) is 2.39. The van der Waals surface area contributed by atoms with E-state index in [1.165, 1.54) is 5.56 Å². The summed E-state index contributed by atoms with van der Waals surface area (Å²) in [6.07, 6.45) is 5.81. The molecule has 0 aromatic carbocycles. The number of nitrogens with zero attached hydrogens (tertiary/aromatic N) is 3. The van der Waals surface area contributed by atoms with Crippen LogP contribution in [0.25, 0.3) is 0 Å². The first-order valence-electron chi connectivity index (χ1n) is 7.56. The largest absolute Gasteiger partial charge is 0.359 e. The minimum atomic E-state index is 0.900. The molecule has 0 aliphatic rings. The van der Waals surface area contributed by atoms with E-state index in [4.69, 9.17) is 0 Å². The average molecular weight is 284 g/mol. The Bertz CT molecular complexity index is 527. The van der Waals surface area contributed by atoms with Gasteiger partial charge in [-0.1, -0.05) is 13.0 Å². The zero-order valence-corrected chi connectivity index (χ0v) is 12.9. The van der Waals surface area contributed by atoms with Crippen molar-refractivity contribution in [3.63, 3.8) is 0 Å². The van der Waals surface area contributed by atoms with Gasteiger partial charge in [0, 0.05) is 44.6 Å². The second kappa shape index (κ2) is 8.37. The monoisotopic (exact) mass is 284 g/mol. The lowest BCUT2D eigenvalue weighted by molar-refractivity contribution is 0.674. The van der Waals surface area contributed by atoms with Crippen LogP contribution in [0, 0.1) is 0 Å². The fourth-order valence-electron chi connectivity index (χ4n) is 2.13. The van der Waals surface area contributed by atoms with Crippen molar-refractivity contribution in [2.75, 3.05) is 25.0 Å². The van der Waals surface area contributed by atoms with Crippen molar-refractivity contribution in [1.29, 1.82) is 0 Å². The van der Waals surface area contributed by atoms with Gasteiger partial charge in [-0.3, -0.25) is 4.98 Å². The highest BCUT2D eigenvalue weighted by atomic mass is 15.2. The summed E-state index contributed by atoms with van der Waals surface area (Å²) >= 11 is 0. The summed E-state index contributed by atoms with van der Waals surface area (Å²) in [5.74, 6) is 1.02. The lowest BCUT2D eigenvalue weighted by atomic mass is 10.2. The van der Waals surface area contributed by atoms with E-state index in [0.29, 0.717) is 0 Å². The van der Waals surface area contributed by atoms with Gasteiger partial charge in [-0.25, -0.2) is 4.98 Å². The third-order valence-electron chi connectivity index (χ3n) is 3.39. The van der Waals surface area contributed by atoms with E-state index in [2.05, 4.69) is 52.4 Å². The van der Waals surface area contributed by atoms with Gasteiger partial charge >= 0.3 is 0 Å². The lowest BCUT2D eigenvalue weighted by Crippen LogP contribution is -2.22. The van der Waals surface area contributed by atoms with Crippen molar-refractivity contribution in [3.8, 4) is 0 Å². The summed E-state index contributed by atoms with van der Waals surface area (Å²) in [5, 5.41) is 3.42. The second-order valence-electron chi connectivity index (χ2n) is 5.19. The predicted octanol–water partition coefficient (Wildman–Crippen LogP) is 2.66. The molecular formula is C17H24N4. The van der Waals surface area contributed by atoms with E-state index >= 15 is 0 Å². The Morgan fingerprint density at radius 2 is 2.05 bits per heavy atom. The number of likely N-dealkylation sites (N-methyl/N-ethyl adjacent to an activating group) is 1. The van der Waals surface area contributed by atoms with Gasteiger partial charge in [-0.2, -0.15) is 0 Å². The van der Waals surface area contributed by atoms with E-state index in [9.17, 15) is 0 Å². The number of aromatic nitrogens is 2. The number of hydrogen-bond acceptors (Lipinski definition) is 4. The van der Waals surface area contributed by atoms with Crippen molar-refractivity contribution in [2.45, 2.75) is 26.3 Å². The van der Waals surface area contributed by atoms with Crippen molar-refractivity contribution < 1.29 is 0 Å². The zero-order valence-electron chi connectivity index (χ0n) is 12.9. The van der Waals surface area contributed by atoms with Crippen molar-refractivity contribution >= 4 is 5.82 Å². The van der Waals surface area contributed by atoms with E-state index in [-0.39, 0.29) is 0 Å². The van der Waals surface area contributed by atoms with Crippen LogP contribution in [0.4, 0.5) is 5.82 Å². The molecule has 0 radical (unpaired) electrons. The molecule has 21 heavy (non-hydrogen) atoms. The predicted molar refractivity (Wildman–Crippen MR) is 87.4 cm³/mol. The minimum absolute atomic E-state index is 0.900. The second-order valence-corrected chi connectivity index (χ2v) is 5.19. The normalized spacial score (nSPS) is 10.6. The average Bonchev–Trinajstić information content (AvgIpc) is 2.54. The van der Waals surface area contributed by atoms with Crippen LogP contribution in [0.5, 0.6) is 0 Å². The number of nitrogens with one attached hydrogen (secondary N) is 1. The molecule has 0 atom stereocenters. The molecule has 0 saturated carbocycles. The Morgan fingerprint density at radius 1 is 1.14 bits per heavy atom. The van der Waals surface area contributed by atoms with E-state index in [1.54, 1.807) is 0 Å². The first kappa shape index (κ1) is 15.4. The fraction of sp³-hybridized carbons (Fsp3) is 0.412. The van der Waals surface area contributed by atoms with Crippen LogP contribution in [0.3, 0.4) is 0 Å². The van der Waals surface area contributed by atoms with Crippen molar-refractivity contribution in [1.82, 2.24) is 15.3 Å². The highest BCUT2D eigenvalue weighted by molar-refractivity contribution is 5.40. The smallest absolute Gasteiger partial charge is 0.128 e. The maximum absolute atomic E-state index is 4.46. The zero-order chi connectivity index (χ0) is 14.9. The minimum Gasteiger partial charge on any atom is -0.359 e. The third kappa shape index (κ3) is 5.16. The molecule has 0 fully saturated rings. The Labute approximate surface area is 127 Å². The van der Waals surface area contributed by atoms with Crippen LogP contribution in [0.2, 0.25) is 0 Å². The lowest BCUT2D eigenvalue weighted by Gasteiger charge is -2.18. The summed E-state index contributed by atoms with van der Waals surface area (Å²) in [6, 6.07) is 10.3. The number of rotatable bonds is 8. The van der Waals surface area contributed by atoms with E-state index in [1.807, 2.05) is 24.5 Å². The molecule has 0 saturated heterocycles. The van der Waals surface area contributed by atoms with Gasteiger partial charge in [0.2, 0.25) is 0 Å². The quantitative estimate of drug-likeness (QED) is 0.757. The highest BCUT2D eigenvalue weighted by Crippen LogP contribution is 2.11. The van der Waals surface area contributed by atoms with Crippen LogP contribution in [-0.2, 0) is 13.0 Å². The number of anilines is 1. The van der Waals surface area contributed by atoms with Crippen molar-refractivity contribution in [2.24, 2.45) is 0 Å². The SMILES string of the molecule is CCCNCc1ccnc(N(C)CCc2ccccn2)c1. The standard InChI is InChI=1S/C17H24N4/c1-3-9-18-14-15-7-11-20-17(13-15)21(2)12-8-16-6-4-5-10-19-16/h4-7,10-11,13,18H,3,8-9,12,14H2,1-2H3. The van der Waals surface area contributed by atoms with E-state index < -0.39 is 0 Å². The van der Waals surface area contributed by atoms with Gasteiger partial charge in [0.05, 0.1) is 0 Å². The number of hydrogen-bond donors (Lipinski definition) is 1. The van der Waals surface area contributed by atoms with E-state index in [0.717, 1.165) is 44.0 Å². The molecule has 0 unspecified atom stereocenters. The van der Waals surface area contributed by atoms with Crippen LogP contribution in [-0.4, -0.2) is 30.1 Å². The summed E-state index contributed by atoms with van der Waals surface area (Å²) in [7, 11) is 2.08. The Hall–Kier alpha value is -1.94. The first-order valence-corrected chi connectivity index (χ1v) is 7.56. The molecule has 4 heteroatoms. The Balaban J connectivity index is 1.89. The molecule has 2 rings (SSSR count). The first-order chi connectivity index (χ1) is 10.3. The molecule has 112 valence electrons. The maximum atomic E-state index is 4.46. The molecule has 0 bridgehead atoms. The number of pyridine rings is 2. The van der Waals surface area contributed by atoms with Crippen LogP contribution in [0.1, 0.15) is 24.6 Å². The van der Waals surface area contributed by atoms with Gasteiger partial charge in [0.15, 0.2) is 0 Å². The summed E-state index contributed by atoms with van der Waals surface area (Å²) < 4.78 is 0. The third-order valence-corrected chi connectivity index (χ3v) is 3.39. The molecule has 2 aromatic rings.